The van der Waals surface area contributed by atoms with Crippen LogP contribution in [0.15, 0.2) is 28.6 Å². The third-order valence-corrected chi connectivity index (χ3v) is 4.34. The molecule has 0 saturated carbocycles. The minimum absolute atomic E-state index is 0. The number of nitrogens with zero attached hydrogens (tertiary/aromatic N) is 3. The van der Waals surface area contributed by atoms with Crippen LogP contribution in [0.3, 0.4) is 0 Å². The number of ether oxygens (including phenoxy) is 1. The molecule has 0 aliphatic heterocycles. The van der Waals surface area contributed by atoms with Crippen LogP contribution >= 0.6 is 35.3 Å². The maximum absolute atomic E-state index is 5.34. The minimum Gasteiger partial charge on any atom is -0.497 e. The third-order valence-electron chi connectivity index (χ3n) is 3.52. The number of thiazole rings is 1. The summed E-state index contributed by atoms with van der Waals surface area (Å²) in [7, 11) is 3.72. The van der Waals surface area contributed by atoms with E-state index in [4.69, 9.17) is 9.73 Å². The maximum atomic E-state index is 5.34. The first-order chi connectivity index (χ1) is 11.5. The summed E-state index contributed by atoms with van der Waals surface area (Å²) in [6.45, 7) is 8.35. The summed E-state index contributed by atoms with van der Waals surface area (Å²) in [6, 6.07) is 6.19. The second-order valence-corrected chi connectivity index (χ2v) is 6.80. The van der Waals surface area contributed by atoms with E-state index < -0.39 is 0 Å². The Morgan fingerprint density at radius 1 is 1.32 bits per heavy atom. The molecule has 0 atom stereocenters. The highest BCUT2D eigenvalue weighted by Gasteiger charge is 2.09. The van der Waals surface area contributed by atoms with Crippen molar-refractivity contribution in [1.82, 2.24) is 15.2 Å². The zero-order valence-electron chi connectivity index (χ0n) is 15.5. The molecule has 0 radical (unpaired) electrons. The second-order valence-electron chi connectivity index (χ2n) is 5.74. The molecule has 2 aromatic rings. The number of aryl methyl sites for hydroxylation is 2. The summed E-state index contributed by atoms with van der Waals surface area (Å²) in [4.78, 5) is 11.4. The molecular weight excluding hydrogens is 447 g/mol. The molecule has 25 heavy (non-hydrogen) atoms. The number of aliphatic imine (C=N–C) groups is 1. The topological polar surface area (TPSA) is 49.8 Å². The Morgan fingerprint density at radius 2 is 2.08 bits per heavy atom. The summed E-state index contributed by atoms with van der Waals surface area (Å²) < 4.78 is 5.34. The van der Waals surface area contributed by atoms with Gasteiger partial charge in [-0.2, -0.15) is 0 Å². The summed E-state index contributed by atoms with van der Waals surface area (Å²) in [6.07, 6.45) is 0. The second kappa shape index (κ2) is 10.6. The molecule has 1 aromatic carbocycles. The van der Waals surface area contributed by atoms with Gasteiger partial charge >= 0.3 is 0 Å². The molecule has 0 bridgehead atoms. The Kier molecular flexibility index (Phi) is 9.20. The summed E-state index contributed by atoms with van der Waals surface area (Å²) in [5.74, 6) is 1.75. The molecular formula is C18H27IN4OS. The Balaban J connectivity index is 0.00000312. The van der Waals surface area contributed by atoms with Crippen molar-refractivity contribution in [2.24, 2.45) is 4.99 Å². The van der Waals surface area contributed by atoms with Crippen LogP contribution in [0.5, 0.6) is 5.75 Å². The highest BCUT2D eigenvalue weighted by molar-refractivity contribution is 14.0. The van der Waals surface area contributed by atoms with Crippen LogP contribution in [0.4, 0.5) is 0 Å². The molecule has 5 nitrogen and oxygen atoms in total. The first kappa shape index (κ1) is 21.7. The highest BCUT2D eigenvalue weighted by Crippen LogP contribution is 2.17. The fraction of sp³-hybridized carbons (Fsp3) is 0.444. The van der Waals surface area contributed by atoms with Crippen LogP contribution in [0.1, 0.15) is 28.8 Å². The van der Waals surface area contributed by atoms with Gasteiger partial charge in [0.2, 0.25) is 0 Å². The van der Waals surface area contributed by atoms with Gasteiger partial charge in [0.1, 0.15) is 5.75 Å². The lowest BCUT2D eigenvalue weighted by atomic mass is 10.1. The van der Waals surface area contributed by atoms with E-state index in [1.807, 2.05) is 26.1 Å². The molecule has 0 saturated heterocycles. The van der Waals surface area contributed by atoms with Gasteiger partial charge in [-0.3, -0.25) is 0 Å². The number of halogens is 1. The number of nitrogens with one attached hydrogen (secondary N) is 1. The van der Waals surface area contributed by atoms with Crippen LogP contribution in [0.2, 0.25) is 0 Å². The number of methoxy groups -OCH3 is 1. The Hall–Kier alpha value is -1.35. The van der Waals surface area contributed by atoms with Gasteiger partial charge in [0.15, 0.2) is 5.96 Å². The van der Waals surface area contributed by atoms with E-state index >= 15 is 0 Å². The van der Waals surface area contributed by atoms with E-state index in [0.717, 1.165) is 41.1 Å². The number of guanidine groups is 1. The lowest BCUT2D eigenvalue weighted by Crippen LogP contribution is -2.38. The van der Waals surface area contributed by atoms with Crippen LogP contribution in [0.25, 0.3) is 0 Å². The van der Waals surface area contributed by atoms with Crippen molar-refractivity contribution in [3.63, 3.8) is 0 Å². The summed E-state index contributed by atoms with van der Waals surface area (Å²) in [5.41, 5.74) is 3.39. The van der Waals surface area contributed by atoms with Gasteiger partial charge in [-0.25, -0.2) is 9.98 Å². The lowest BCUT2D eigenvalue weighted by Gasteiger charge is -2.21. The standard InChI is InChI=1S/C18H26N4OS.HI/c1-6-19-18(22(4)11-16-12-24-14(3)21-16)20-10-15-7-13(2)8-17(9-15)23-5;/h7-9,12H,6,10-11H2,1-5H3,(H,19,20);1H. The molecule has 0 spiro atoms. The molecule has 0 fully saturated rings. The average Bonchev–Trinajstić information content (AvgIpc) is 2.95. The van der Waals surface area contributed by atoms with Crippen LogP contribution in [0, 0.1) is 13.8 Å². The molecule has 138 valence electrons. The number of hydrogen-bond acceptors (Lipinski definition) is 4. The Morgan fingerprint density at radius 3 is 2.68 bits per heavy atom. The van der Waals surface area contributed by atoms with E-state index in [2.05, 4.69) is 40.5 Å². The smallest absolute Gasteiger partial charge is 0.194 e. The van der Waals surface area contributed by atoms with Crippen LogP contribution in [-0.2, 0) is 13.1 Å². The summed E-state index contributed by atoms with van der Waals surface area (Å²) >= 11 is 1.68. The van der Waals surface area contributed by atoms with E-state index in [0.29, 0.717) is 6.54 Å². The van der Waals surface area contributed by atoms with Gasteiger partial charge in [0.05, 0.1) is 30.9 Å². The predicted octanol–water partition coefficient (Wildman–Crippen LogP) is 3.98. The number of hydrogen-bond donors (Lipinski definition) is 1. The van der Waals surface area contributed by atoms with Crippen molar-refractivity contribution in [2.45, 2.75) is 33.9 Å². The molecule has 0 amide bonds. The third kappa shape index (κ3) is 6.81. The Labute approximate surface area is 171 Å². The zero-order chi connectivity index (χ0) is 17.5. The van der Waals surface area contributed by atoms with Crippen LogP contribution in [-0.4, -0.2) is 36.5 Å². The fourth-order valence-corrected chi connectivity index (χ4v) is 3.07. The minimum atomic E-state index is 0. The molecule has 0 aliphatic rings. The van der Waals surface area contributed by atoms with Crippen molar-refractivity contribution < 1.29 is 4.74 Å². The SMILES string of the molecule is CCNC(=NCc1cc(C)cc(OC)c1)N(C)Cc1csc(C)n1.I. The normalized spacial score (nSPS) is 11.0. The van der Waals surface area contributed by atoms with Gasteiger partial charge in [-0.05, 0) is 44.0 Å². The molecule has 0 unspecified atom stereocenters. The molecule has 1 heterocycles. The van der Waals surface area contributed by atoms with E-state index in [1.165, 1.54) is 5.56 Å². The summed E-state index contributed by atoms with van der Waals surface area (Å²) in [5, 5.41) is 6.53. The first-order valence-corrected chi connectivity index (χ1v) is 8.94. The van der Waals surface area contributed by atoms with Crippen molar-refractivity contribution in [3.8, 4) is 5.75 Å². The lowest BCUT2D eigenvalue weighted by molar-refractivity contribution is 0.414. The number of rotatable bonds is 6. The molecule has 7 heteroatoms. The van der Waals surface area contributed by atoms with E-state index in [1.54, 1.807) is 18.4 Å². The van der Waals surface area contributed by atoms with Gasteiger partial charge in [0.25, 0.3) is 0 Å². The quantitative estimate of drug-likeness (QED) is 0.391. The number of aromatic nitrogens is 1. The maximum Gasteiger partial charge on any atom is 0.194 e. The molecule has 0 aliphatic carbocycles. The van der Waals surface area contributed by atoms with E-state index in [9.17, 15) is 0 Å². The number of benzene rings is 1. The monoisotopic (exact) mass is 474 g/mol. The van der Waals surface area contributed by atoms with Crippen molar-refractivity contribution >= 4 is 41.3 Å². The largest absolute Gasteiger partial charge is 0.497 e. The van der Waals surface area contributed by atoms with Gasteiger partial charge in [-0.15, -0.1) is 35.3 Å². The predicted molar refractivity (Wildman–Crippen MR) is 116 cm³/mol. The van der Waals surface area contributed by atoms with E-state index in [-0.39, 0.29) is 24.0 Å². The average molecular weight is 474 g/mol. The zero-order valence-corrected chi connectivity index (χ0v) is 18.6. The molecule has 1 aromatic heterocycles. The fourth-order valence-electron chi connectivity index (χ4n) is 2.47. The van der Waals surface area contributed by atoms with Gasteiger partial charge < -0.3 is 15.0 Å². The van der Waals surface area contributed by atoms with Gasteiger partial charge in [0, 0.05) is 19.0 Å². The van der Waals surface area contributed by atoms with Crippen molar-refractivity contribution in [1.29, 1.82) is 0 Å². The highest BCUT2D eigenvalue weighted by atomic mass is 127. The van der Waals surface area contributed by atoms with Crippen LogP contribution < -0.4 is 10.1 Å². The van der Waals surface area contributed by atoms with Crippen molar-refractivity contribution in [2.75, 3.05) is 20.7 Å². The Bertz CT molecular complexity index is 702. The molecule has 1 N–H and O–H groups in total. The van der Waals surface area contributed by atoms with Gasteiger partial charge in [-0.1, -0.05) is 6.07 Å². The molecule has 2 rings (SSSR count). The van der Waals surface area contributed by atoms with Crippen molar-refractivity contribution in [3.05, 3.63) is 45.4 Å². The first-order valence-electron chi connectivity index (χ1n) is 8.06.